The fourth-order valence-corrected chi connectivity index (χ4v) is 4.71. The van der Waals surface area contributed by atoms with Crippen LogP contribution in [0.2, 0.25) is 10.0 Å². The van der Waals surface area contributed by atoms with Gasteiger partial charge >= 0.3 is 0 Å². The van der Waals surface area contributed by atoms with Crippen molar-refractivity contribution in [1.29, 1.82) is 0 Å². The van der Waals surface area contributed by atoms with Crippen molar-refractivity contribution in [1.82, 2.24) is 4.31 Å². The minimum Gasteiger partial charge on any atom is -0.328 e. The van der Waals surface area contributed by atoms with Crippen molar-refractivity contribution < 1.29 is 8.42 Å². The summed E-state index contributed by atoms with van der Waals surface area (Å²) in [7, 11) is -3.62. The molecule has 4 nitrogen and oxygen atoms in total. The summed E-state index contributed by atoms with van der Waals surface area (Å²) in [6, 6.07) is 4.45. The molecule has 1 aromatic rings. The topological polar surface area (TPSA) is 63.4 Å². The van der Waals surface area contributed by atoms with Crippen LogP contribution in [0.5, 0.6) is 0 Å². The smallest absolute Gasteiger partial charge is 0.244 e. The Kier molecular flexibility index (Phi) is 4.97. The first kappa shape index (κ1) is 16.0. The maximum Gasteiger partial charge on any atom is 0.244 e. The van der Waals surface area contributed by atoms with E-state index >= 15 is 0 Å². The summed E-state index contributed by atoms with van der Waals surface area (Å²) >= 11 is 11.9. The largest absolute Gasteiger partial charge is 0.328 e. The molecule has 1 saturated heterocycles. The third-order valence-electron chi connectivity index (χ3n) is 3.68. The van der Waals surface area contributed by atoms with Crippen molar-refractivity contribution in [3.63, 3.8) is 0 Å². The van der Waals surface area contributed by atoms with Crippen LogP contribution in [0.4, 0.5) is 0 Å². The summed E-state index contributed by atoms with van der Waals surface area (Å²) in [6.07, 6.45) is 1.76. The maximum atomic E-state index is 12.7. The molecular formula is C13H18Cl2N2O2S. The standard InChI is InChI=1S/C13H18Cl2N2O2S/c1-9(16)10-3-2-6-17(8-10)20(18,19)13-7-11(14)4-5-12(13)15/h4-5,7,9-10H,2-3,6,8,16H2,1H3/t9-,10+/m1/s1. The number of hydrogen-bond acceptors (Lipinski definition) is 3. The highest BCUT2D eigenvalue weighted by Gasteiger charge is 2.32. The lowest BCUT2D eigenvalue weighted by atomic mass is 9.93. The monoisotopic (exact) mass is 336 g/mol. The molecule has 0 spiro atoms. The first-order valence-electron chi connectivity index (χ1n) is 6.53. The van der Waals surface area contributed by atoms with Crippen LogP contribution in [0, 0.1) is 5.92 Å². The van der Waals surface area contributed by atoms with Gasteiger partial charge in [0.15, 0.2) is 0 Å². The van der Waals surface area contributed by atoms with Gasteiger partial charge in [-0.3, -0.25) is 0 Å². The zero-order chi connectivity index (χ0) is 14.9. The molecule has 0 aliphatic carbocycles. The van der Waals surface area contributed by atoms with Crippen molar-refractivity contribution in [3.05, 3.63) is 28.2 Å². The van der Waals surface area contributed by atoms with E-state index in [1.165, 1.54) is 16.4 Å². The number of benzene rings is 1. The van der Waals surface area contributed by atoms with Crippen molar-refractivity contribution in [3.8, 4) is 0 Å². The van der Waals surface area contributed by atoms with Gasteiger partial charge in [0.1, 0.15) is 4.90 Å². The molecule has 1 fully saturated rings. The van der Waals surface area contributed by atoms with E-state index in [0.717, 1.165) is 12.8 Å². The summed E-state index contributed by atoms with van der Waals surface area (Å²) in [4.78, 5) is 0.0667. The number of piperidine rings is 1. The molecule has 0 saturated carbocycles. The van der Waals surface area contributed by atoms with E-state index in [1.807, 2.05) is 6.92 Å². The Balaban J connectivity index is 2.32. The molecule has 0 aromatic heterocycles. The first-order chi connectivity index (χ1) is 9.32. The average Bonchev–Trinajstić information content (AvgIpc) is 2.41. The Morgan fingerprint density at radius 1 is 1.40 bits per heavy atom. The molecule has 2 N–H and O–H groups in total. The van der Waals surface area contributed by atoms with Crippen LogP contribution in [0.3, 0.4) is 0 Å². The van der Waals surface area contributed by atoms with Gasteiger partial charge in [-0.15, -0.1) is 0 Å². The molecule has 1 aliphatic rings. The van der Waals surface area contributed by atoms with Crippen LogP contribution in [0.25, 0.3) is 0 Å². The second-order valence-electron chi connectivity index (χ2n) is 5.20. The lowest BCUT2D eigenvalue weighted by molar-refractivity contribution is 0.243. The van der Waals surface area contributed by atoms with E-state index in [1.54, 1.807) is 6.07 Å². The number of sulfonamides is 1. The zero-order valence-electron chi connectivity index (χ0n) is 11.2. The highest BCUT2D eigenvalue weighted by molar-refractivity contribution is 7.89. The number of hydrogen-bond donors (Lipinski definition) is 1. The van der Waals surface area contributed by atoms with Gasteiger partial charge in [-0.05, 0) is 43.9 Å². The van der Waals surface area contributed by atoms with Gasteiger partial charge in [0.2, 0.25) is 10.0 Å². The summed E-state index contributed by atoms with van der Waals surface area (Å²) in [6.45, 7) is 2.84. The molecule has 0 bridgehead atoms. The van der Waals surface area contributed by atoms with Gasteiger partial charge in [-0.25, -0.2) is 8.42 Å². The Labute approximate surface area is 129 Å². The SMILES string of the molecule is C[C@@H](N)[C@H]1CCCN(S(=O)(=O)c2cc(Cl)ccc2Cl)C1. The van der Waals surface area contributed by atoms with Gasteiger partial charge < -0.3 is 5.73 Å². The summed E-state index contributed by atoms with van der Waals surface area (Å²) in [5.41, 5.74) is 5.90. The first-order valence-corrected chi connectivity index (χ1v) is 8.72. The van der Waals surface area contributed by atoms with Gasteiger partial charge in [-0.1, -0.05) is 23.2 Å². The van der Waals surface area contributed by atoms with Crippen LogP contribution in [0.1, 0.15) is 19.8 Å². The lowest BCUT2D eigenvalue weighted by Crippen LogP contribution is -2.45. The van der Waals surface area contributed by atoms with Crippen molar-refractivity contribution >= 4 is 33.2 Å². The molecule has 1 aromatic carbocycles. The fraction of sp³-hybridized carbons (Fsp3) is 0.538. The Morgan fingerprint density at radius 3 is 2.75 bits per heavy atom. The third kappa shape index (κ3) is 3.28. The second-order valence-corrected chi connectivity index (χ2v) is 7.95. The van der Waals surface area contributed by atoms with Crippen LogP contribution in [-0.4, -0.2) is 31.9 Å². The fourth-order valence-electron chi connectivity index (χ4n) is 2.44. The highest BCUT2D eigenvalue weighted by atomic mass is 35.5. The van der Waals surface area contributed by atoms with Gasteiger partial charge in [0, 0.05) is 24.2 Å². The Hall–Kier alpha value is -0.330. The van der Waals surface area contributed by atoms with Crippen LogP contribution in [0.15, 0.2) is 23.1 Å². The van der Waals surface area contributed by atoms with E-state index in [9.17, 15) is 8.42 Å². The molecule has 2 rings (SSSR count). The summed E-state index contributed by atoms with van der Waals surface area (Å²) in [5, 5.41) is 0.547. The highest BCUT2D eigenvalue weighted by Crippen LogP contribution is 2.30. The van der Waals surface area contributed by atoms with Crippen molar-refractivity contribution in [2.45, 2.75) is 30.7 Å². The summed E-state index contributed by atoms with van der Waals surface area (Å²) < 4.78 is 26.8. The zero-order valence-corrected chi connectivity index (χ0v) is 13.5. The van der Waals surface area contributed by atoms with E-state index in [2.05, 4.69) is 0 Å². The number of halogens is 2. The molecule has 20 heavy (non-hydrogen) atoms. The van der Waals surface area contributed by atoms with Crippen molar-refractivity contribution in [2.75, 3.05) is 13.1 Å². The number of rotatable bonds is 3. The minimum absolute atomic E-state index is 0.0252. The summed E-state index contributed by atoms with van der Waals surface area (Å²) in [5.74, 6) is 0.177. The molecule has 1 heterocycles. The molecule has 1 aliphatic heterocycles. The van der Waals surface area contributed by atoms with Gasteiger partial charge in [0.25, 0.3) is 0 Å². The van der Waals surface area contributed by atoms with E-state index in [-0.39, 0.29) is 21.9 Å². The molecule has 0 unspecified atom stereocenters. The predicted octanol–water partition coefficient (Wildman–Crippen LogP) is 2.74. The predicted molar refractivity (Wildman–Crippen MR) is 81.6 cm³/mol. The van der Waals surface area contributed by atoms with Gasteiger partial charge in [0.05, 0.1) is 5.02 Å². The number of nitrogens with zero attached hydrogens (tertiary/aromatic N) is 1. The molecule has 0 amide bonds. The minimum atomic E-state index is -3.62. The molecular weight excluding hydrogens is 319 g/mol. The molecule has 0 radical (unpaired) electrons. The van der Waals surface area contributed by atoms with Crippen LogP contribution in [-0.2, 0) is 10.0 Å². The molecule has 7 heteroatoms. The van der Waals surface area contributed by atoms with E-state index in [4.69, 9.17) is 28.9 Å². The molecule has 112 valence electrons. The van der Waals surface area contributed by atoms with Crippen molar-refractivity contribution in [2.24, 2.45) is 11.7 Å². The van der Waals surface area contributed by atoms with E-state index < -0.39 is 10.0 Å². The maximum absolute atomic E-state index is 12.7. The number of nitrogens with two attached hydrogens (primary N) is 1. The van der Waals surface area contributed by atoms with Gasteiger partial charge in [-0.2, -0.15) is 4.31 Å². The normalized spacial score (nSPS) is 22.7. The van der Waals surface area contributed by atoms with E-state index in [0.29, 0.717) is 18.1 Å². The lowest BCUT2D eigenvalue weighted by Gasteiger charge is -2.33. The Bertz CT molecular complexity index is 590. The Morgan fingerprint density at radius 2 is 2.10 bits per heavy atom. The molecule has 2 atom stereocenters. The third-order valence-corrected chi connectivity index (χ3v) is 6.26. The average molecular weight is 337 g/mol. The quantitative estimate of drug-likeness (QED) is 0.922. The van der Waals surface area contributed by atoms with Crippen LogP contribution < -0.4 is 5.73 Å². The second kappa shape index (κ2) is 6.20. The van der Waals surface area contributed by atoms with Crippen LogP contribution >= 0.6 is 23.2 Å².